The van der Waals surface area contributed by atoms with Gasteiger partial charge in [0.05, 0.1) is 20.6 Å². The van der Waals surface area contributed by atoms with Crippen molar-refractivity contribution in [2.75, 3.05) is 32.3 Å². The van der Waals surface area contributed by atoms with Gasteiger partial charge in [-0.3, -0.25) is 9.59 Å². The maximum Gasteiger partial charge on any atom is 0.306 e. The first-order valence-corrected chi connectivity index (χ1v) is 11.0. The van der Waals surface area contributed by atoms with Gasteiger partial charge in [0.2, 0.25) is 0 Å². The van der Waals surface area contributed by atoms with Crippen molar-refractivity contribution in [1.82, 2.24) is 0 Å². The number of carbonyl (C=O) groups is 2. The van der Waals surface area contributed by atoms with Crippen LogP contribution in [0.3, 0.4) is 0 Å². The molecular formula is C24H31BClNO8S. The van der Waals surface area contributed by atoms with Crippen molar-refractivity contribution >= 4 is 50.7 Å². The van der Waals surface area contributed by atoms with Gasteiger partial charge in [0.15, 0.2) is 11.5 Å². The van der Waals surface area contributed by atoms with Crippen LogP contribution in [0.2, 0.25) is 5.02 Å². The van der Waals surface area contributed by atoms with Crippen molar-refractivity contribution in [3.63, 3.8) is 0 Å². The Morgan fingerprint density at radius 3 is 2.39 bits per heavy atom. The second-order valence-electron chi connectivity index (χ2n) is 8.64. The normalized spacial score (nSPS) is 17.1. The summed E-state index contributed by atoms with van der Waals surface area (Å²) in [7, 11) is 6.50. The zero-order chi connectivity index (χ0) is 26.3. The molecule has 1 aliphatic rings. The molecule has 0 unspecified atom stereocenters. The predicted molar refractivity (Wildman–Crippen MR) is 142 cm³/mol. The number of amides is 1. The summed E-state index contributed by atoms with van der Waals surface area (Å²) in [6.45, 7) is 3.61. The lowest BCUT2D eigenvalue weighted by Crippen LogP contribution is -2.45. The minimum absolute atomic E-state index is 0. The zero-order valence-electron chi connectivity index (χ0n) is 20.5. The van der Waals surface area contributed by atoms with Crippen molar-refractivity contribution < 1.29 is 39.0 Å². The number of para-hydroxylation sites is 1. The lowest BCUT2D eigenvalue weighted by Gasteiger charge is -2.32. The van der Waals surface area contributed by atoms with Gasteiger partial charge in [0.25, 0.3) is 14.0 Å². The van der Waals surface area contributed by atoms with Gasteiger partial charge in [-0.1, -0.05) is 37.6 Å². The standard InChI is InChI=1S/C24H28ClNO7.BHO.H2S/c1-24(2,13-27)12-26-17-9-8-14(25)10-16(17)21(33-19(23(26)30)11-20(28)29)15-6-5-7-18(31-3)22(15)32-4;1-2;/h5-10,19,21,27H,11-13H2,1-4H3,(H,28,29);2H;1H2/t19-,21-;;/m1../s1. The highest BCUT2D eigenvalue weighted by Gasteiger charge is 2.40. The summed E-state index contributed by atoms with van der Waals surface area (Å²) in [4.78, 5) is 26.6. The number of hydrogen-bond donors (Lipinski definition) is 3. The van der Waals surface area contributed by atoms with Gasteiger partial charge in [-0.05, 0) is 24.3 Å². The molecule has 0 aromatic heterocycles. The Hall–Kier alpha value is -2.44. The maximum absolute atomic E-state index is 13.5. The Labute approximate surface area is 223 Å². The molecule has 9 nitrogen and oxygen atoms in total. The van der Waals surface area contributed by atoms with Crippen molar-refractivity contribution in [3.05, 3.63) is 52.5 Å². The average molecular weight is 540 g/mol. The van der Waals surface area contributed by atoms with E-state index in [2.05, 4.69) is 8.05 Å². The SMILES string of the molecule is COc1cccc([C@H]2O[C@H](CC(=O)O)C(=O)N(CC(C)(C)CO)c3ccc(Cl)cc32)c1OC.S.[B]O. The Morgan fingerprint density at radius 1 is 1.17 bits per heavy atom. The fraction of sp³-hybridized carbons (Fsp3) is 0.417. The largest absolute Gasteiger partial charge is 0.493 e. The molecule has 3 N–H and O–H groups in total. The Kier molecular flexibility index (Phi) is 12.1. The van der Waals surface area contributed by atoms with E-state index < -0.39 is 35.9 Å². The van der Waals surface area contributed by atoms with E-state index in [4.69, 9.17) is 30.8 Å². The van der Waals surface area contributed by atoms with Gasteiger partial charge < -0.3 is 34.3 Å². The number of methoxy groups -OCH3 is 2. The minimum Gasteiger partial charge on any atom is -0.493 e. The van der Waals surface area contributed by atoms with Crippen LogP contribution in [-0.4, -0.2) is 68.6 Å². The van der Waals surface area contributed by atoms with Crippen LogP contribution >= 0.6 is 25.1 Å². The number of ether oxygens (including phenoxy) is 3. The van der Waals surface area contributed by atoms with Gasteiger partial charge >= 0.3 is 5.97 Å². The first-order valence-electron chi connectivity index (χ1n) is 10.7. The highest BCUT2D eigenvalue weighted by atomic mass is 35.5. The highest BCUT2D eigenvalue weighted by molar-refractivity contribution is 7.59. The molecule has 1 amide bonds. The van der Waals surface area contributed by atoms with Gasteiger partial charge in [-0.25, -0.2) is 0 Å². The Bertz CT molecular complexity index is 1050. The molecule has 0 bridgehead atoms. The van der Waals surface area contributed by atoms with E-state index in [1.54, 1.807) is 36.4 Å². The second kappa shape index (κ2) is 13.8. The van der Waals surface area contributed by atoms with Gasteiger partial charge in [0.1, 0.15) is 12.2 Å². The maximum atomic E-state index is 13.5. The quantitative estimate of drug-likeness (QED) is 0.437. The summed E-state index contributed by atoms with van der Waals surface area (Å²) < 4.78 is 17.2. The third kappa shape index (κ3) is 7.07. The first kappa shape index (κ1) is 31.6. The summed E-state index contributed by atoms with van der Waals surface area (Å²) >= 11 is 6.33. The van der Waals surface area contributed by atoms with Crippen LogP contribution in [0.15, 0.2) is 36.4 Å². The first-order chi connectivity index (χ1) is 16.6. The Morgan fingerprint density at radius 2 is 1.83 bits per heavy atom. The van der Waals surface area contributed by atoms with Gasteiger partial charge in [0, 0.05) is 40.4 Å². The molecule has 12 heteroatoms. The molecule has 2 radical (unpaired) electrons. The topological polar surface area (TPSA) is 126 Å². The number of hydrogen-bond acceptors (Lipinski definition) is 7. The number of aliphatic hydroxyl groups excluding tert-OH is 1. The van der Waals surface area contributed by atoms with Crippen molar-refractivity contribution in [3.8, 4) is 11.5 Å². The van der Waals surface area contributed by atoms with Crippen LogP contribution < -0.4 is 14.4 Å². The molecule has 2 atom stereocenters. The lowest BCUT2D eigenvalue weighted by molar-refractivity contribution is -0.147. The van der Waals surface area contributed by atoms with Crippen LogP contribution in [0.4, 0.5) is 5.69 Å². The molecule has 1 aliphatic heterocycles. The smallest absolute Gasteiger partial charge is 0.306 e. The number of fused-ring (bicyclic) bond motifs is 1. The third-order valence-corrected chi connectivity index (χ3v) is 5.73. The highest BCUT2D eigenvalue weighted by Crippen LogP contribution is 2.45. The van der Waals surface area contributed by atoms with Crippen molar-refractivity contribution in [2.45, 2.75) is 32.5 Å². The monoisotopic (exact) mass is 539 g/mol. The molecule has 0 spiro atoms. The summed E-state index contributed by atoms with van der Waals surface area (Å²) in [6, 6.07) is 10.3. The number of aliphatic hydroxyl groups is 1. The van der Waals surface area contributed by atoms with E-state index in [-0.39, 0.29) is 26.6 Å². The van der Waals surface area contributed by atoms with E-state index >= 15 is 0 Å². The summed E-state index contributed by atoms with van der Waals surface area (Å²) in [6.07, 6.45) is -2.66. The summed E-state index contributed by atoms with van der Waals surface area (Å²) in [5.41, 5.74) is 1.01. The molecule has 2 aromatic rings. The van der Waals surface area contributed by atoms with E-state index in [9.17, 15) is 19.8 Å². The van der Waals surface area contributed by atoms with Crippen LogP contribution in [-0.2, 0) is 14.3 Å². The van der Waals surface area contributed by atoms with Crippen LogP contribution in [0.5, 0.6) is 11.5 Å². The van der Waals surface area contributed by atoms with Gasteiger partial charge in [-0.2, -0.15) is 13.5 Å². The van der Waals surface area contributed by atoms with E-state index in [1.807, 2.05) is 13.8 Å². The number of benzene rings is 2. The zero-order valence-corrected chi connectivity index (χ0v) is 22.3. The molecule has 196 valence electrons. The van der Waals surface area contributed by atoms with Crippen LogP contribution in [0, 0.1) is 5.41 Å². The lowest BCUT2D eigenvalue weighted by atomic mass is 9.92. The summed E-state index contributed by atoms with van der Waals surface area (Å²) in [5.74, 6) is -0.811. The number of aliphatic carboxylic acids is 1. The molecule has 2 aromatic carbocycles. The number of anilines is 1. The fourth-order valence-corrected chi connectivity index (χ4v) is 4.04. The molecule has 36 heavy (non-hydrogen) atoms. The molecule has 0 aliphatic carbocycles. The van der Waals surface area contributed by atoms with Crippen molar-refractivity contribution in [1.29, 1.82) is 0 Å². The van der Waals surface area contributed by atoms with E-state index in [0.29, 0.717) is 33.3 Å². The Balaban J connectivity index is 0.00000211. The number of rotatable bonds is 8. The van der Waals surface area contributed by atoms with Crippen molar-refractivity contribution in [2.24, 2.45) is 5.41 Å². The van der Waals surface area contributed by atoms with E-state index in [0.717, 1.165) is 0 Å². The second-order valence-corrected chi connectivity index (χ2v) is 9.07. The molecule has 3 rings (SSSR count). The fourth-order valence-electron chi connectivity index (χ4n) is 3.86. The number of carbonyl (C=O) groups excluding carboxylic acids is 1. The number of carboxylic acids is 1. The third-order valence-electron chi connectivity index (χ3n) is 5.49. The average Bonchev–Trinajstić information content (AvgIpc) is 2.94. The molecule has 0 saturated heterocycles. The number of halogens is 1. The number of carboxylic acid groups (broad SMARTS) is 1. The molecule has 1 heterocycles. The van der Waals surface area contributed by atoms with Gasteiger partial charge in [-0.15, -0.1) is 0 Å². The summed E-state index contributed by atoms with van der Waals surface area (Å²) in [5, 5.41) is 26.2. The molecule has 0 fully saturated rings. The predicted octanol–water partition coefficient (Wildman–Crippen LogP) is 2.85. The minimum atomic E-state index is -1.27. The van der Waals surface area contributed by atoms with Crippen LogP contribution in [0.1, 0.15) is 37.5 Å². The molecular weight excluding hydrogens is 509 g/mol. The van der Waals surface area contributed by atoms with Crippen LogP contribution in [0.25, 0.3) is 0 Å². The van der Waals surface area contributed by atoms with E-state index in [1.165, 1.54) is 19.1 Å². The number of nitrogens with zero attached hydrogens (tertiary/aromatic N) is 1. The molecule has 0 saturated carbocycles.